The Bertz CT molecular complexity index is 391. The fourth-order valence-electron chi connectivity index (χ4n) is 1.37. The van der Waals surface area contributed by atoms with E-state index in [4.69, 9.17) is 4.74 Å². The predicted molar refractivity (Wildman–Crippen MR) is 50.1 cm³/mol. The van der Waals surface area contributed by atoms with E-state index in [9.17, 15) is 4.79 Å². The molecular weight excluding hydrogens is 164 g/mol. The van der Waals surface area contributed by atoms with E-state index in [-0.39, 0.29) is 5.78 Å². The molecular formula is C11H10O2. The van der Waals surface area contributed by atoms with Gasteiger partial charge in [0.1, 0.15) is 12.4 Å². The van der Waals surface area contributed by atoms with Crippen molar-refractivity contribution in [2.75, 3.05) is 6.61 Å². The molecule has 0 radical (unpaired) electrons. The van der Waals surface area contributed by atoms with Crippen LogP contribution in [0.1, 0.15) is 15.9 Å². The first kappa shape index (κ1) is 8.05. The van der Waals surface area contributed by atoms with Gasteiger partial charge in [-0.15, -0.1) is 0 Å². The Labute approximate surface area is 76.8 Å². The number of rotatable bonds is 0. The van der Waals surface area contributed by atoms with E-state index in [1.165, 1.54) is 0 Å². The highest BCUT2D eigenvalue weighted by molar-refractivity contribution is 6.11. The number of fused-ring (bicyclic) bond motifs is 1. The van der Waals surface area contributed by atoms with Gasteiger partial charge in [-0.25, -0.2) is 0 Å². The van der Waals surface area contributed by atoms with Gasteiger partial charge in [0, 0.05) is 5.57 Å². The number of ketones is 1. The van der Waals surface area contributed by atoms with Gasteiger partial charge in [-0.1, -0.05) is 18.2 Å². The largest absolute Gasteiger partial charge is 0.488 e. The van der Waals surface area contributed by atoms with Crippen LogP contribution in [0.2, 0.25) is 0 Å². The summed E-state index contributed by atoms with van der Waals surface area (Å²) in [5.74, 6) is 0.674. The molecule has 66 valence electrons. The maximum Gasteiger partial charge on any atom is 0.195 e. The molecule has 13 heavy (non-hydrogen) atoms. The highest BCUT2D eigenvalue weighted by Crippen LogP contribution is 2.26. The predicted octanol–water partition coefficient (Wildman–Crippen LogP) is 2.13. The van der Waals surface area contributed by atoms with Gasteiger partial charge in [0.25, 0.3) is 0 Å². The average molecular weight is 174 g/mol. The summed E-state index contributed by atoms with van der Waals surface area (Å²) in [5.41, 5.74) is 2.22. The number of hydrogen-bond acceptors (Lipinski definition) is 2. The second-order valence-corrected chi connectivity index (χ2v) is 3.22. The van der Waals surface area contributed by atoms with Crippen LogP contribution in [0.25, 0.3) is 0 Å². The summed E-state index contributed by atoms with van der Waals surface area (Å²) in [4.78, 5) is 11.6. The second-order valence-electron chi connectivity index (χ2n) is 3.22. The van der Waals surface area contributed by atoms with E-state index in [2.05, 4.69) is 6.58 Å². The van der Waals surface area contributed by atoms with Crippen LogP contribution in [0.3, 0.4) is 0 Å². The summed E-state index contributed by atoms with van der Waals surface area (Å²) in [7, 11) is 0. The Morgan fingerprint density at radius 3 is 3.00 bits per heavy atom. The van der Waals surface area contributed by atoms with Gasteiger partial charge in [0.15, 0.2) is 5.78 Å². The molecule has 2 rings (SSSR count). The third-order valence-corrected chi connectivity index (χ3v) is 2.10. The fourth-order valence-corrected chi connectivity index (χ4v) is 1.37. The van der Waals surface area contributed by atoms with E-state index in [0.29, 0.717) is 23.5 Å². The summed E-state index contributed by atoms with van der Waals surface area (Å²) in [6.45, 7) is 5.91. The lowest BCUT2D eigenvalue weighted by Gasteiger charge is -2.17. The highest BCUT2D eigenvalue weighted by Gasteiger charge is 2.21. The monoisotopic (exact) mass is 174 g/mol. The molecule has 0 spiro atoms. The summed E-state index contributed by atoms with van der Waals surface area (Å²) < 4.78 is 5.34. The Kier molecular flexibility index (Phi) is 1.69. The number of Topliss-reactive ketones (excluding diaryl/α,β-unsaturated/α-hetero) is 1. The maximum absolute atomic E-state index is 11.6. The molecule has 0 saturated carbocycles. The van der Waals surface area contributed by atoms with Crippen LogP contribution in [0.15, 0.2) is 30.4 Å². The lowest BCUT2D eigenvalue weighted by atomic mass is 10.00. The van der Waals surface area contributed by atoms with Crippen molar-refractivity contribution < 1.29 is 9.53 Å². The van der Waals surface area contributed by atoms with Gasteiger partial charge in [0.2, 0.25) is 0 Å². The number of ether oxygens (including phenoxy) is 1. The summed E-state index contributed by atoms with van der Waals surface area (Å²) in [6, 6.07) is 5.59. The molecule has 0 aromatic heterocycles. The molecule has 1 aliphatic heterocycles. The molecule has 0 fully saturated rings. The van der Waals surface area contributed by atoms with Gasteiger partial charge in [-0.05, 0) is 19.1 Å². The van der Waals surface area contributed by atoms with Gasteiger partial charge in [-0.3, -0.25) is 4.79 Å². The Morgan fingerprint density at radius 2 is 2.23 bits per heavy atom. The molecule has 1 aromatic carbocycles. The molecule has 0 atom stereocenters. The van der Waals surface area contributed by atoms with Crippen molar-refractivity contribution in [1.29, 1.82) is 0 Å². The SMILES string of the molecule is C=C1COc2ccc(C)cc2C1=O. The van der Waals surface area contributed by atoms with E-state index in [0.717, 1.165) is 5.56 Å². The molecule has 0 amide bonds. The van der Waals surface area contributed by atoms with Crippen LogP contribution in [0, 0.1) is 6.92 Å². The van der Waals surface area contributed by atoms with Crippen LogP contribution < -0.4 is 4.74 Å². The molecule has 0 unspecified atom stereocenters. The van der Waals surface area contributed by atoms with Crippen molar-refractivity contribution in [2.45, 2.75) is 6.92 Å². The van der Waals surface area contributed by atoms with Crippen molar-refractivity contribution in [1.82, 2.24) is 0 Å². The molecule has 0 aliphatic carbocycles. The maximum atomic E-state index is 11.6. The van der Waals surface area contributed by atoms with Gasteiger partial charge in [-0.2, -0.15) is 0 Å². The lowest BCUT2D eigenvalue weighted by molar-refractivity contribution is 0.1000. The van der Waals surface area contributed by atoms with E-state index >= 15 is 0 Å². The zero-order valence-electron chi connectivity index (χ0n) is 7.46. The summed E-state index contributed by atoms with van der Waals surface area (Å²) >= 11 is 0. The number of carbonyl (C=O) groups excluding carboxylic acids is 1. The quantitative estimate of drug-likeness (QED) is 0.563. The molecule has 0 saturated heterocycles. The summed E-state index contributed by atoms with van der Waals surface area (Å²) in [5, 5.41) is 0. The molecule has 1 aliphatic rings. The van der Waals surface area contributed by atoms with E-state index in [1.807, 2.05) is 25.1 Å². The van der Waals surface area contributed by atoms with E-state index < -0.39 is 0 Å². The van der Waals surface area contributed by atoms with Gasteiger partial charge < -0.3 is 4.74 Å². The molecule has 0 N–H and O–H groups in total. The molecule has 1 heterocycles. The first-order valence-electron chi connectivity index (χ1n) is 4.14. The first-order valence-corrected chi connectivity index (χ1v) is 4.14. The topological polar surface area (TPSA) is 26.3 Å². The minimum atomic E-state index is 0.00458. The van der Waals surface area contributed by atoms with Crippen molar-refractivity contribution in [2.24, 2.45) is 0 Å². The highest BCUT2D eigenvalue weighted by atomic mass is 16.5. The zero-order valence-corrected chi connectivity index (χ0v) is 7.46. The van der Waals surface area contributed by atoms with Crippen molar-refractivity contribution in [3.05, 3.63) is 41.5 Å². The van der Waals surface area contributed by atoms with E-state index in [1.54, 1.807) is 0 Å². The fraction of sp³-hybridized carbons (Fsp3) is 0.182. The third-order valence-electron chi connectivity index (χ3n) is 2.10. The number of hydrogen-bond donors (Lipinski definition) is 0. The van der Waals surface area contributed by atoms with Crippen LogP contribution in [0.5, 0.6) is 5.75 Å². The molecule has 2 heteroatoms. The lowest BCUT2D eigenvalue weighted by Crippen LogP contribution is -2.18. The second kappa shape index (κ2) is 2.73. The normalized spacial score (nSPS) is 15.2. The van der Waals surface area contributed by atoms with Crippen molar-refractivity contribution in [3.63, 3.8) is 0 Å². The average Bonchev–Trinajstić information content (AvgIpc) is 2.12. The van der Waals surface area contributed by atoms with Gasteiger partial charge >= 0.3 is 0 Å². The zero-order chi connectivity index (χ0) is 9.42. The number of carbonyl (C=O) groups is 1. The Balaban J connectivity index is 2.58. The standard InChI is InChI=1S/C11H10O2/c1-7-3-4-10-9(5-7)11(12)8(2)6-13-10/h3-5H,2,6H2,1H3. The Morgan fingerprint density at radius 1 is 1.46 bits per heavy atom. The van der Waals surface area contributed by atoms with Gasteiger partial charge in [0.05, 0.1) is 5.56 Å². The number of aryl methyl sites for hydroxylation is 1. The van der Waals surface area contributed by atoms with Crippen LogP contribution in [-0.2, 0) is 0 Å². The third kappa shape index (κ3) is 1.24. The Hall–Kier alpha value is -1.57. The van der Waals surface area contributed by atoms with Crippen molar-refractivity contribution >= 4 is 5.78 Å². The number of benzene rings is 1. The molecule has 1 aromatic rings. The van der Waals surface area contributed by atoms with Crippen LogP contribution in [0.4, 0.5) is 0 Å². The van der Waals surface area contributed by atoms with Crippen molar-refractivity contribution in [3.8, 4) is 5.75 Å². The summed E-state index contributed by atoms with van der Waals surface area (Å²) in [6.07, 6.45) is 0. The van der Waals surface area contributed by atoms with Crippen LogP contribution >= 0.6 is 0 Å². The van der Waals surface area contributed by atoms with Crippen LogP contribution in [-0.4, -0.2) is 12.4 Å². The molecule has 0 bridgehead atoms. The minimum Gasteiger partial charge on any atom is -0.488 e. The first-order chi connectivity index (χ1) is 6.18. The molecule has 2 nitrogen and oxygen atoms in total. The smallest absolute Gasteiger partial charge is 0.195 e. The minimum absolute atomic E-state index is 0.00458.